The second-order valence-electron chi connectivity index (χ2n) is 5.68. The van der Waals surface area contributed by atoms with Crippen LogP contribution in [0, 0.1) is 10.1 Å². The molecule has 0 spiro atoms. The number of non-ortho nitro benzene ring substituents is 1. The second-order valence-corrected chi connectivity index (χ2v) is 5.68. The molecule has 2 heterocycles. The van der Waals surface area contributed by atoms with E-state index in [1.54, 1.807) is 12.1 Å². The zero-order chi connectivity index (χ0) is 16.2. The molecule has 0 aliphatic carbocycles. The van der Waals surface area contributed by atoms with Gasteiger partial charge in [0, 0.05) is 30.3 Å². The van der Waals surface area contributed by atoms with Crippen molar-refractivity contribution in [2.24, 2.45) is 0 Å². The van der Waals surface area contributed by atoms with Gasteiger partial charge in [0.2, 0.25) is 11.7 Å². The number of hydrogen-bond donors (Lipinski definition) is 1. The number of likely N-dealkylation sites (N-methyl/N-ethyl adjacent to an activating group) is 1. The average molecular weight is 354 g/mol. The molecule has 0 amide bonds. The highest BCUT2D eigenvalue weighted by Gasteiger charge is 2.20. The molecule has 130 valence electrons. The molecule has 1 N–H and O–H groups in total. The SMILES string of the molecule is CNC1CCCN(Cc2nc(-c3ccc([N+](=O)[O-])cc3)no2)C1.Cl. The summed E-state index contributed by atoms with van der Waals surface area (Å²) in [6, 6.07) is 6.64. The highest BCUT2D eigenvalue weighted by atomic mass is 35.5. The number of likely N-dealkylation sites (tertiary alicyclic amines) is 1. The summed E-state index contributed by atoms with van der Waals surface area (Å²) < 4.78 is 5.31. The molecule has 1 atom stereocenters. The Kier molecular flexibility index (Phi) is 6.24. The number of nitrogens with one attached hydrogen (secondary N) is 1. The van der Waals surface area contributed by atoms with Gasteiger partial charge in [0.1, 0.15) is 0 Å². The fourth-order valence-corrected chi connectivity index (χ4v) is 2.79. The lowest BCUT2D eigenvalue weighted by Crippen LogP contribution is -2.43. The van der Waals surface area contributed by atoms with Gasteiger partial charge in [-0.2, -0.15) is 4.98 Å². The molecule has 9 heteroatoms. The Morgan fingerprint density at radius 1 is 1.42 bits per heavy atom. The highest BCUT2D eigenvalue weighted by Crippen LogP contribution is 2.20. The summed E-state index contributed by atoms with van der Waals surface area (Å²) in [4.78, 5) is 16.9. The molecule has 2 aromatic rings. The van der Waals surface area contributed by atoms with E-state index in [2.05, 4.69) is 20.4 Å². The van der Waals surface area contributed by atoms with Crippen LogP contribution in [0.15, 0.2) is 28.8 Å². The Bertz CT molecular complexity index is 676. The Balaban J connectivity index is 0.00000208. The number of nitrogens with zero attached hydrogens (tertiary/aromatic N) is 4. The summed E-state index contributed by atoms with van der Waals surface area (Å²) in [7, 11) is 1.98. The van der Waals surface area contributed by atoms with Crippen molar-refractivity contribution in [1.82, 2.24) is 20.4 Å². The number of aromatic nitrogens is 2. The first-order valence-electron chi connectivity index (χ1n) is 7.63. The zero-order valence-electron chi connectivity index (χ0n) is 13.3. The quantitative estimate of drug-likeness (QED) is 0.650. The molecule has 1 fully saturated rings. The van der Waals surface area contributed by atoms with Gasteiger partial charge in [-0.3, -0.25) is 15.0 Å². The Morgan fingerprint density at radius 2 is 2.17 bits per heavy atom. The van der Waals surface area contributed by atoms with Crippen LogP contribution < -0.4 is 5.32 Å². The summed E-state index contributed by atoms with van der Waals surface area (Å²) in [6.45, 7) is 2.61. The maximum Gasteiger partial charge on any atom is 0.269 e. The first-order chi connectivity index (χ1) is 11.2. The first-order valence-corrected chi connectivity index (χ1v) is 7.63. The number of nitro groups is 1. The van der Waals surface area contributed by atoms with Gasteiger partial charge >= 0.3 is 0 Å². The smallest absolute Gasteiger partial charge is 0.269 e. The maximum atomic E-state index is 10.7. The molecule has 0 saturated carbocycles. The van der Waals surface area contributed by atoms with Crippen LogP contribution in [0.5, 0.6) is 0 Å². The van der Waals surface area contributed by atoms with Gasteiger partial charge in [-0.15, -0.1) is 12.4 Å². The van der Waals surface area contributed by atoms with Crippen molar-refractivity contribution in [2.75, 3.05) is 20.1 Å². The Labute approximate surface area is 145 Å². The van der Waals surface area contributed by atoms with E-state index in [-0.39, 0.29) is 18.1 Å². The van der Waals surface area contributed by atoms with E-state index < -0.39 is 4.92 Å². The lowest BCUT2D eigenvalue weighted by molar-refractivity contribution is -0.384. The standard InChI is InChI=1S/C15H19N5O3.ClH/c1-16-12-3-2-8-19(9-12)10-14-17-15(18-23-14)11-4-6-13(7-5-11)20(21)22;/h4-7,12,16H,2-3,8-10H2,1H3;1H. The molecule has 1 aromatic carbocycles. The number of piperidine rings is 1. The molecule has 0 radical (unpaired) electrons. The molecular formula is C15H20ClN5O3. The first kappa shape index (κ1) is 18.3. The van der Waals surface area contributed by atoms with Crippen LogP contribution in [-0.2, 0) is 6.54 Å². The molecule has 1 saturated heterocycles. The van der Waals surface area contributed by atoms with E-state index in [0.29, 0.717) is 29.9 Å². The van der Waals surface area contributed by atoms with Crippen molar-refractivity contribution in [3.8, 4) is 11.4 Å². The monoisotopic (exact) mass is 353 g/mol. The molecule has 1 aromatic heterocycles. The predicted octanol–water partition coefficient (Wildman–Crippen LogP) is 2.25. The number of hydrogen-bond acceptors (Lipinski definition) is 7. The average Bonchev–Trinajstić information content (AvgIpc) is 3.03. The van der Waals surface area contributed by atoms with Crippen LogP contribution in [0.3, 0.4) is 0 Å². The van der Waals surface area contributed by atoms with Gasteiger partial charge in [0.15, 0.2) is 0 Å². The lowest BCUT2D eigenvalue weighted by Gasteiger charge is -2.31. The molecule has 1 unspecified atom stereocenters. The van der Waals surface area contributed by atoms with Crippen molar-refractivity contribution in [2.45, 2.75) is 25.4 Å². The molecule has 0 bridgehead atoms. The minimum atomic E-state index is -0.431. The predicted molar refractivity (Wildman–Crippen MR) is 91.0 cm³/mol. The van der Waals surface area contributed by atoms with Crippen LogP contribution in [0.1, 0.15) is 18.7 Å². The summed E-state index contributed by atoms with van der Waals surface area (Å²) in [5.74, 6) is 1.02. The molecule has 24 heavy (non-hydrogen) atoms. The van der Waals surface area contributed by atoms with Crippen LogP contribution in [-0.4, -0.2) is 46.1 Å². The minimum absolute atomic E-state index is 0. The Hall–Kier alpha value is -2.03. The summed E-state index contributed by atoms with van der Waals surface area (Å²) in [5, 5.41) is 17.9. The molecule has 1 aliphatic rings. The Morgan fingerprint density at radius 3 is 2.83 bits per heavy atom. The van der Waals surface area contributed by atoms with Crippen molar-refractivity contribution >= 4 is 18.1 Å². The van der Waals surface area contributed by atoms with E-state index in [1.165, 1.54) is 18.6 Å². The zero-order valence-corrected chi connectivity index (χ0v) is 14.2. The van der Waals surface area contributed by atoms with Gasteiger partial charge in [-0.05, 0) is 38.6 Å². The van der Waals surface area contributed by atoms with Crippen LogP contribution in [0.2, 0.25) is 0 Å². The number of benzene rings is 1. The lowest BCUT2D eigenvalue weighted by atomic mass is 10.1. The van der Waals surface area contributed by atoms with Gasteiger partial charge < -0.3 is 9.84 Å². The topological polar surface area (TPSA) is 97.3 Å². The van der Waals surface area contributed by atoms with Gasteiger partial charge in [0.25, 0.3) is 5.69 Å². The third-order valence-electron chi connectivity index (χ3n) is 4.08. The van der Waals surface area contributed by atoms with Crippen molar-refractivity contribution in [1.29, 1.82) is 0 Å². The third-order valence-corrected chi connectivity index (χ3v) is 4.08. The van der Waals surface area contributed by atoms with E-state index in [1.807, 2.05) is 7.05 Å². The fourth-order valence-electron chi connectivity index (χ4n) is 2.79. The summed E-state index contributed by atoms with van der Waals surface area (Å²) in [6.07, 6.45) is 2.33. The number of rotatable bonds is 5. The minimum Gasteiger partial charge on any atom is -0.338 e. The summed E-state index contributed by atoms with van der Waals surface area (Å²) in [5.41, 5.74) is 0.751. The van der Waals surface area contributed by atoms with Crippen LogP contribution in [0.25, 0.3) is 11.4 Å². The van der Waals surface area contributed by atoms with Gasteiger partial charge in [0.05, 0.1) is 11.5 Å². The van der Waals surface area contributed by atoms with Crippen LogP contribution in [0.4, 0.5) is 5.69 Å². The number of halogens is 1. The largest absolute Gasteiger partial charge is 0.338 e. The van der Waals surface area contributed by atoms with E-state index in [0.717, 1.165) is 19.5 Å². The summed E-state index contributed by atoms with van der Waals surface area (Å²) >= 11 is 0. The van der Waals surface area contributed by atoms with E-state index in [4.69, 9.17) is 4.52 Å². The normalized spacial score (nSPS) is 18.1. The molecular weight excluding hydrogens is 334 g/mol. The van der Waals surface area contributed by atoms with E-state index >= 15 is 0 Å². The molecule has 1 aliphatic heterocycles. The molecule has 3 rings (SSSR count). The van der Waals surface area contributed by atoms with Crippen LogP contribution >= 0.6 is 12.4 Å². The molecule has 8 nitrogen and oxygen atoms in total. The van der Waals surface area contributed by atoms with Gasteiger partial charge in [-0.25, -0.2) is 0 Å². The third kappa shape index (κ3) is 4.28. The fraction of sp³-hybridized carbons (Fsp3) is 0.467. The van der Waals surface area contributed by atoms with Crippen molar-refractivity contribution < 1.29 is 9.45 Å². The maximum absolute atomic E-state index is 10.7. The highest BCUT2D eigenvalue weighted by molar-refractivity contribution is 5.85. The van der Waals surface area contributed by atoms with Gasteiger partial charge in [-0.1, -0.05) is 5.16 Å². The second kappa shape index (κ2) is 8.18. The van der Waals surface area contributed by atoms with Crippen molar-refractivity contribution in [3.05, 3.63) is 40.3 Å². The van der Waals surface area contributed by atoms with Crippen molar-refractivity contribution in [3.63, 3.8) is 0 Å². The van der Waals surface area contributed by atoms with E-state index in [9.17, 15) is 10.1 Å². The number of nitro benzene ring substituents is 1.